The lowest BCUT2D eigenvalue weighted by Crippen LogP contribution is -2.17. The van der Waals surface area contributed by atoms with Gasteiger partial charge in [0.2, 0.25) is 0 Å². The average molecular weight is 391 g/mol. The van der Waals surface area contributed by atoms with E-state index in [-0.39, 0.29) is 11.2 Å². The number of aromatic nitrogens is 1. The Bertz CT molecular complexity index is 970. The Morgan fingerprint density at radius 1 is 1.04 bits per heavy atom. The number of rotatable bonds is 5. The Hall–Kier alpha value is -2.96. The average Bonchev–Trinajstić information content (AvgIpc) is 2.60. The lowest BCUT2D eigenvalue weighted by Gasteiger charge is -2.17. The Kier molecular flexibility index (Phi) is 5.63. The van der Waals surface area contributed by atoms with Crippen molar-refractivity contribution < 1.29 is 22.6 Å². The molecule has 0 aliphatic heterocycles. The van der Waals surface area contributed by atoms with Crippen LogP contribution in [0.15, 0.2) is 58.6 Å². The molecule has 1 aromatic carbocycles. The molecule has 0 saturated carbocycles. The summed E-state index contributed by atoms with van der Waals surface area (Å²) in [5.74, 6) is 0.851. The Balaban J connectivity index is 1.65. The minimum absolute atomic E-state index is 0.0295. The van der Waals surface area contributed by atoms with Gasteiger partial charge in [-0.2, -0.15) is 0 Å². The van der Waals surface area contributed by atoms with E-state index in [4.69, 9.17) is 4.74 Å². The SMILES string of the molecule is Cc1cc(=O)c(CC2=CC=C(Oc3ccc(OC(F)(F)F)cc3)CC2)c(C)[nH]1. The number of alkyl halides is 3. The molecule has 7 heteroatoms. The van der Waals surface area contributed by atoms with Crippen LogP contribution in [0.4, 0.5) is 13.2 Å². The number of H-pyrrole nitrogens is 1. The zero-order valence-electron chi connectivity index (χ0n) is 15.5. The van der Waals surface area contributed by atoms with Crippen molar-refractivity contribution in [1.82, 2.24) is 4.98 Å². The molecular formula is C21H20F3NO3. The van der Waals surface area contributed by atoms with Gasteiger partial charge < -0.3 is 14.5 Å². The number of hydrogen-bond donors (Lipinski definition) is 1. The number of aryl methyl sites for hydroxylation is 2. The maximum atomic E-state index is 12.2. The minimum atomic E-state index is -4.72. The van der Waals surface area contributed by atoms with Crippen LogP contribution in [0.2, 0.25) is 0 Å². The van der Waals surface area contributed by atoms with Gasteiger partial charge in [-0.25, -0.2) is 0 Å². The molecule has 0 saturated heterocycles. The number of ether oxygens (including phenoxy) is 2. The van der Waals surface area contributed by atoms with Crippen LogP contribution in [0.1, 0.15) is 29.8 Å². The summed E-state index contributed by atoms with van der Waals surface area (Å²) in [7, 11) is 0. The van der Waals surface area contributed by atoms with E-state index in [1.807, 2.05) is 26.0 Å². The molecule has 1 aliphatic rings. The lowest BCUT2D eigenvalue weighted by atomic mass is 9.96. The second-order valence-electron chi connectivity index (χ2n) is 6.68. The minimum Gasteiger partial charge on any atom is -0.462 e. The van der Waals surface area contributed by atoms with Gasteiger partial charge in [-0.3, -0.25) is 4.79 Å². The van der Waals surface area contributed by atoms with Gasteiger partial charge >= 0.3 is 6.36 Å². The third-order valence-corrected chi connectivity index (χ3v) is 4.39. The molecule has 1 N–H and O–H groups in total. The molecule has 1 aromatic heterocycles. The Morgan fingerprint density at radius 3 is 2.29 bits per heavy atom. The number of halogens is 3. The van der Waals surface area contributed by atoms with E-state index in [2.05, 4.69) is 9.72 Å². The van der Waals surface area contributed by atoms with Crippen molar-refractivity contribution in [2.24, 2.45) is 0 Å². The lowest BCUT2D eigenvalue weighted by molar-refractivity contribution is -0.274. The fraction of sp³-hybridized carbons (Fsp3) is 0.286. The summed E-state index contributed by atoms with van der Waals surface area (Å²) < 4.78 is 46.1. The highest BCUT2D eigenvalue weighted by Crippen LogP contribution is 2.28. The second kappa shape index (κ2) is 7.96. The molecule has 0 unspecified atom stereocenters. The van der Waals surface area contributed by atoms with Crippen molar-refractivity contribution in [3.05, 3.63) is 81.0 Å². The van der Waals surface area contributed by atoms with E-state index in [0.29, 0.717) is 24.4 Å². The first-order chi connectivity index (χ1) is 13.2. The highest BCUT2D eigenvalue weighted by atomic mass is 19.4. The van der Waals surface area contributed by atoms with Gasteiger partial charge in [-0.05, 0) is 57.0 Å². The molecule has 28 heavy (non-hydrogen) atoms. The van der Waals surface area contributed by atoms with Crippen molar-refractivity contribution in [3.63, 3.8) is 0 Å². The number of nitrogens with one attached hydrogen (secondary N) is 1. The van der Waals surface area contributed by atoms with Crippen LogP contribution in [-0.2, 0) is 6.42 Å². The first-order valence-electron chi connectivity index (χ1n) is 8.81. The summed E-state index contributed by atoms with van der Waals surface area (Å²) in [6, 6.07) is 6.87. The topological polar surface area (TPSA) is 51.3 Å². The van der Waals surface area contributed by atoms with Gasteiger partial charge in [0.15, 0.2) is 5.43 Å². The van der Waals surface area contributed by atoms with Crippen LogP contribution >= 0.6 is 0 Å². The molecule has 0 bridgehead atoms. The van der Waals surface area contributed by atoms with Gasteiger partial charge in [0, 0.05) is 29.4 Å². The highest BCUT2D eigenvalue weighted by Gasteiger charge is 2.31. The molecule has 3 rings (SSSR count). The van der Waals surface area contributed by atoms with Crippen LogP contribution in [0, 0.1) is 13.8 Å². The van der Waals surface area contributed by atoms with Crippen molar-refractivity contribution in [2.45, 2.75) is 39.5 Å². The largest absolute Gasteiger partial charge is 0.573 e. The maximum Gasteiger partial charge on any atom is 0.573 e. The molecular weight excluding hydrogens is 371 g/mol. The molecule has 0 spiro atoms. The quantitative estimate of drug-likeness (QED) is 0.770. The molecule has 0 amide bonds. The third kappa shape index (κ3) is 5.28. The number of benzene rings is 1. The number of pyridine rings is 1. The van der Waals surface area contributed by atoms with E-state index < -0.39 is 6.36 Å². The maximum absolute atomic E-state index is 12.2. The van der Waals surface area contributed by atoms with Crippen LogP contribution in [0.25, 0.3) is 0 Å². The van der Waals surface area contributed by atoms with E-state index in [9.17, 15) is 18.0 Å². The van der Waals surface area contributed by atoms with Crippen LogP contribution < -0.4 is 14.9 Å². The molecule has 2 aromatic rings. The second-order valence-corrected chi connectivity index (χ2v) is 6.68. The Morgan fingerprint density at radius 2 is 1.71 bits per heavy atom. The van der Waals surface area contributed by atoms with E-state index in [1.54, 1.807) is 6.07 Å². The molecule has 0 radical (unpaired) electrons. The van der Waals surface area contributed by atoms with Crippen molar-refractivity contribution in [1.29, 1.82) is 0 Å². The molecule has 4 nitrogen and oxygen atoms in total. The Labute approximate surface area is 160 Å². The number of allylic oxidation sites excluding steroid dienone is 4. The number of hydrogen-bond acceptors (Lipinski definition) is 3. The van der Waals surface area contributed by atoms with Crippen LogP contribution in [0.3, 0.4) is 0 Å². The van der Waals surface area contributed by atoms with Crippen LogP contribution in [0.5, 0.6) is 11.5 Å². The fourth-order valence-electron chi connectivity index (χ4n) is 3.08. The summed E-state index contributed by atoms with van der Waals surface area (Å²) in [5, 5.41) is 0. The predicted molar refractivity (Wildman–Crippen MR) is 99.4 cm³/mol. The van der Waals surface area contributed by atoms with Gasteiger partial charge in [0.25, 0.3) is 0 Å². The fourth-order valence-corrected chi connectivity index (χ4v) is 3.08. The summed E-state index contributed by atoms with van der Waals surface area (Å²) in [6.45, 7) is 3.75. The zero-order chi connectivity index (χ0) is 20.3. The molecule has 0 atom stereocenters. The van der Waals surface area contributed by atoms with E-state index >= 15 is 0 Å². The van der Waals surface area contributed by atoms with E-state index in [1.165, 1.54) is 24.3 Å². The third-order valence-electron chi connectivity index (χ3n) is 4.39. The molecule has 148 valence electrons. The molecule has 1 heterocycles. The normalized spacial score (nSPS) is 14.3. The molecule has 0 fully saturated rings. The zero-order valence-corrected chi connectivity index (χ0v) is 15.5. The highest BCUT2D eigenvalue weighted by molar-refractivity contribution is 5.35. The summed E-state index contributed by atoms with van der Waals surface area (Å²) in [6.07, 6.45) is 1.01. The molecule has 1 aliphatic carbocycles. The summed E-state index contributed by atoms with van der Waals surface area (Å²) in [4.78, 5) is 15.4. The van der Waals surface area contributed by atoms with Gasteiger partial charge in [0.1, 0.15) is 17.3 Å². The standard InChI is InChI=1S/C21H20F3NO3/c1-13-11-20(26)19(14(2)25-13)12-15-3-5-16(6-4-15)27-17-7-9-18(10-8-17)28-21(22,23)24/h3,5,7-11H,4,6,12H2,1-2H3,(H,25,26). The predicted octanol–water partition coefficient (Wildman–Crippen LogP) is 5.12. The van der Waals surface area contributed by atoms with Crippen molar-refractivity contribution in [2.75, 3.05) is 0 Å². The first-order valence-corrected chi connectivity index (χ1v) is 8.81. The van der Waals surface area contributed by atoms with E-state index in [0.717, 1.165) is 28.9 Å². The summed E-state index contributed by atoms with van der Waals surface area (Å²) in [5.41, 5.74) is 3.62. The van der Waals surface area contributed by atoms with Crippen LogP contribution in [-0.4, -0.2) is 11.3 Å². The summed E-state index contributed by atoms with van der Waals surface area (Å²) >= 11 is 0. The van der Waals surface area contributed by atoms with Gasteiger partial charge in [0.05, 0.1) is 0 Å². The van der Waals surface area contributed by atoms with Gasteiger partial charge in [-0.15, -0.1) is 13.2 Å². The van der Waals surface area contributed by atoms with Crippen molar-refractivity contribution in [3.8, 4) is 11.5 Å². The van der Waals surface area contributed by atoms with Gasteiger partial charge in [-0.1, -0.05) is 11.6 Å². The monoisotopic (exact) mass is 391 g/mol. The first kappa shape index (κ1) is 19.8. The number of aromatic amines is 1. The van der Waals surface area contributed by atoms with Crippen molar-refractivity contribution >= 4 is 0 Å². The smallest absolute Gasteiger partial charge is 0.462 e.